The molecule has 1 aliphatic heterocycles. The first kappa shape index (κ1) is 31.9. The monoisotopic (exact) mass is 612 g/mol. The third-order valence-electron chi connectivity index (χ3n) is 6.52. The number of benzene rings is 1. The highest BCUT2D eigenvalue weighted by atomic mass is 19.4. The van der Waals surface area contributed by atoms with E-state index in [-0.39, 0.29) is 29.4 Å². The van der Waals surface area contributed by atoms with E-state index in [0.717, 1.165) is 0 Å². The van der Waals surface area contributed by atoms with Gasteiger partial charge in [0.2, 0.25) is 0 Å². The molecule has 232 valence electrons. The minimum atomic E-state index is -5.10. The van der Waals surface area contributed by atoms with Crippen LogP contribution >= 0.6 is 0 Å². The number of aryl methyl sites for hydroxylation is 1. The smallest absolute Gasteiger partial charge is 0.366 e. The molecule has 3 heterocycles. The summed E-state index contributed by atoms with van der Waals surface area (Å²) in [5, 5.41) is 6.64. The van der Waals surface area contributed by atoms with Crippen LogP contribution in [-0.2, 0) is 17.1 Å². The van der Waals surface area contributed by atoms with Crippen LogP contribution in [-0.4, -0.2) is 60.8 Å². The quantitative estimate of drug-likeness (QED) is 0.381. The molecule has 0 aliphatic carbocycles. The zero-order valence-electron chi connectivity index (χ0n) is 24.2. The summed E-state index contributed by atoms with van der Waals surface area (Å²) in [4.78, 5) is 36.3. The minimum Gasteiger partial charge on any atom is -0.366 e. The van der Waals surface area contributed by atoms with Crippen LogP contribution in [0.5, 0.6) is 0 Å². The van der Waals surface area contributed by atoms with Gasteiger partial charge in [-0.1, -0.05) is 0 Å². The van der Waals surface area contributed by atoms with Gasteiger partial charge < -0.3 is 15.0 Å². The van der Waals surface area contributed by atoms with E-state index in [0.29, 0.717) is 30.8 Å². The third-order valence-corrected chi connectivity index (χ3v) is 6.52. The van der Waals surface area contributed by atoms with Gasteiger partial charge >= 0.3 is 12.4 Å². The van der Waals surface area contributed by atoms with Crippen molar-refractivity contribution in [2.45, 2.75) is 71.1 Å². The van der Waals surface area contributed by atoms with Gasteiger partial charge in [-0.25, -0.2) is 9.97 Å². The van der Waals surface area contributed by atoms with Crippen molar-refractivity contribution in [3.63, 3.8) is 0 Å². The maximum Gasteiger partial charge on any atom is 0.416 e. The van der Waals surface area contributed by atoms with E-state index in [1.54, 1.807) is 17.9 Å². The third kappa shape index (κ3) is 7.32. The van der Waals surface area contributed by atoms with Crippen LogP contribution in [0.3, 0.4) is 0 Å². The number of morpholine rings is 1. The number of amides is 2. The average molecular weight is 613 g/mol. The van der Waals surface area contributed by atoms with Gasteiger partial charge in [-0.05, 0) is 71.9 Å². The Morgan fingerprint density at radius 2 is 1.49 bits per heavy atom. The summed E-state index contributed by atoms with van der Waals surface area (Å²) < 4.78 is 86.9. The maximum atomic E-state index is 13.3. The summed E-state index contributed by atoms with van der Waals surface area (Å²) >= 11 is 0. The predicted molar refractivity (Wildman–Crippen MR) is 141 cm³/mol. The van der Waals surface area contributed by atoms with Crippen molar-refractivity contribution in [2.75, 3.05) is 13.1 Å². The standard InChI is InChI=1S/C28H30F6N6O3/c1-15(36-23(41)18-9-19(27(29,30)31)11-20(10-18)28(32,33)34)22-37-16(2)38-40(22)21-8-7-17(12-35-21)24(42)39-13-25(3,4)43-26(5,6)14-39/h7-12,15H,13-14H2,1-6H3,(H,36,41)/t15-/m0/s1. The van der Waals surface area contributed by atoms with Crippen LogP contribution in [0, 0.1) is 6.92 Å². The van der Waals surface area contributed by atoms with E-state index >= 15 is 0 Å². The highest BCUT2D eigenvalue weighted by Gasteiger charge is 2.40. The lowest BCUT2D eigenvalue weighted by Crippen LogP contribution is -2.58. The van der Waals surface area contributed by atoms with E-state index in [1.165, 1.54) is 23.9 Å². The molecule has 0 spiro atoms. The van der Waals surface area contributed by atoms with Gasteiger partial charge in [0.1, 0.15) is 5.82 Å². The zero-order chi connectivity index (χ0) is 32.1. The molecule has 2 amide bonds. The van der Waals surface area contributed by atoms with Crippen molar-refractivity contribution in [3.8, 4) is 5.82 Å². The summed E-state index contributed by atoms with van der Waals surface area (Å²) in [6.45, 7) is 11.3. The van der Waals surface area contributed by atoms with Crippen molar-refractivity contribution in [2.24, 2.45) is 0 Å². The lowest BCUT2D eigenvalue weighted by atomic mass is 9.98. The number of carbonyl (C=O) groups excluding carboxylic acids is 2. The molecule has 43 heavy (non-hydrogen) atoms. The predicted octanol–water partition coefficient (Wildman–Crippen LogP) is 5.53. The number of halogens is 6. The molecule has 1 N–H and O–H groups in total. The molecule has 0 saturated carbocycles. The summed E-state index contributed by atoms with van der Waals surface area (Å²) in [5.74, 6) is -0.847. The van der Waals surface area contributed by atoms with Gasteiger partial charge in [0.25, 0.3) is 11.8 Å². The van der Waals surface area contributed by atoms with E-state index < -0.39 is 52.2 Å². The van der Waals surface area contributed by atoms with Gasteiger partial charge in [0.15, 0.2) is 11.6 Å². The molecule has 0 bridgehead atoms. The van der Waals surface area contributed by atoms with E-state index in [4.69, 9.17) is 4.74 Å². The van der Waals surface area contributed by atoms with Gasteiger partial charge in [0, 0.05) is 24.8 Å². The number of hydrogen-bond donors (Lipinski definition) is 1. The molecular weight excluding hydrogens is 582 g/mol. The first-order chi connectivity index (χ1) is 19.6. The second-order valence-corrected chi connectivity index (χ2v) is 11.6. The highest BCUT2D eigenvalue weighted by molar-refractivity contribution is 5.95. The molecule has 0 radical (unpaired) electrons. The molecular formula is C28H30F6N6O3. The first-order valence-corrected chi connectivity index (χ1v) is 13.1. The second kappa shape index (κ2) is 10.9. The Bertz CT molecular complexity index is 1480. The number of rotatable bonds is 5. The molecule has 1 fully saturated rings. The molecule has 4 rings (SSSR count). The Hall–Kier alpha value is -4.01. The van der Waals surface area contributed by atoms with E-state index in [9.17, 15) is 35.9 Å². The van der Waals surface area contributed by atoms with Crippen LogP contribution in [0.2, 0.25) is 0 Å². The zero-order valence-corrected chi connectivity index (χ0v) is 24.2. The van der Waals surface area contributed by atoms with Gasteiger partial charge in [-0.15, -0.1) is 5.10 Å². The molecule has 1 aliphatic rings. The Balaban J connectivity index is 1.57. The maximum absolute atomic E-state index is 13.3. The number of ether oxygens (including phenoxy) is 1. The number of nitrogens with one attached hydrogen (secondary N) is 1. The van der Waals surface area contributed by atoms with Crippen LogP contribution < -0.4 is 5.32 Å². The Labute approximate surface area is 243 Å². The molecule has 15 heteroatoms. The van der Waals surface area contributed by atoms with Crippen LogP contribution in [0.25, 0.3) is 5.82 Å². The molecule has 1 saturated heterocycles. The van der Waals surface area contributed by atoms with Gasteiger partial charge in [0.05, 0.1) is 33.9 Å². The summed E-state index contributed by atoms with van der Waals surface area (Å²) in [6, 6.07) is 2.69. The summed E-state index contributed by atoms with van der Waals surface area (Å²) in [5.41, 5.74) is -4.85. The number of alkyl halides is 6. The summed E-state index contributed by atoms with van der Waals surface area (Å²) in [6.07, 6.45) is -8.85. The Kier molecular flexibility index (Phi) is 8.11. The highest BCUT2D eigenvalue weighted by Crippen LogP contribution is 2.36. The molecule has 1 atom stereocenters. The SMILES string of the molecule is Cc1nc([C@H](C)NC(=O)c2cc(C(F)(F)F)cc(C(F)(F)F)c2)n(-c2ccc(C(=O)N3CC(C)(C)OC(C)(C)C3)cn2)n1. The minimum absolute atomic E-state index is 0.0545. The fraction of sp³-hybridized carbons (Fsp3) is 0.464. The Morgan fingerprint density at radius 3 is 1.98 bits per heavy atom. The molecule has 0 unspecified atom stereocenters. The fourth-order valence-electron chi connectivity index (χ4n) is 5.06. The summed E-state index contributed by atoms with van der Waals surface area (Å²) in [7, 11) is 0. The van der Waals surface area contributed by atoms with Crippen molar-refractivity contribution >= 4 is 11.8 Å². The van der Waals surface area contributed by atoms with Crippen molar-refractivity contribution in [3.05, 3.63) is 70.4 Å². The number of aromatic nitrogens is 4. The number of carbonyl (C=O) groups is 2. The van der Waals surface area contributed by atoms with Crippen LogP contribution in [0.4, 0.5) is 26.3 Å². The van der Waals surface area contributed by atoms with Gasteiger partial charge in [-0.2, -0.15) is 31.0 Å². The normalized spacial score (nSPS) is 17.4. The molecule has 2 aromatic heterocycles. The van der Waals surface area contributed by atoms with Crippen molar-refractivity contribution in [1.29, 1.82) is 0 Å². The lowest BCUT2D eigenvalue weighted by molar-refractivity contribution is -0.171. The lowest BCUT2D eigenvalue weighted by Gasteiger charge is -2.47. The van der Waals surface area contributed by atoms with Crippen molar-refractivity contribution in [1.82, 2.24) is 30.0 Å². The van der Waals surface area contributed by atoms with E-state index in [1.807, 2.05) is 27.7 Å². The fourth-order valence-corrected chi connectivity index (χ4v) is 5.06. The number of nitrogens with zero attached hydrogens (tertiary/aromatic N) is 5. The van der Waals surface area contributed by atoms with Crippen LogP contribution in [0.15, 0.2) is 36.5 Å². The average Bonchev–Trinajstić information content (AvgIpc) is 3.27. The molecule has 1 aromatic carbocycles. The Morgan fingerprint density at radius 1 is 0.930 bits per heavy atom. The molecule has 3 aromatic rings. The van der Waals surface area contributed by atoms with Crippen molar-refractivity contribution < 1.29 is 40.7 Å². The van der Waals surface area contributed by atoms with Gasteiger partial charge in [-0.3, -0.25) is 9.59 Å². The first-order valence-electron chi connectivity index (χ1n) is 13.1. The van der Waals surface area contributed by atoms with Crippen LogP contribution in [0.1, 0.15) is 84.2 Å². The molecule has 9 nitrogen and oxygen atoms in total. The number of pyridine rings is 1. The largest absolute Gasteiger partial charge is 0.416 e. The topological polar surface area (TPSA) is 102 Å². The number of hydrogen-bond acceptors (Lipinski definition) is 6. The second-order valence-electron chi connectivity index (χ2n) is 11.6. The van der Waals surface area contributed by atoms with E-state index in [2.05, 4.69) is 20.4 Å².